The zero-order chi connectivity index (χ0) is 18.1. The lowest BCUT2D eigenvalue weighted by Crippen LogP contribution is -2.20. The van der Waals surface area contributed by atoms with E-state index in [0.717, 1.165) is 37.7 Å². The third-order valence-corrected chi connectivity index (χ3v) is 4.60. The highest BCUT2D eigenvalue weighted by Gasteiger charge is 2.18. The van der Waals surface area contributed by atoms with Crippen LogP contribution in [-0.4, -0.2) is 12.1 Å². The second-order valence-electron chi connectivity index (χ2n) is 7.29. The monoisotopic (exact) mass is 330 g/mol. The Balaban J connectivity index is 3.14. The molecule has 0 fully saturated rings. The molecular formula is C22H34O2. The predicted molar refractivity (Wildman–Crippen MR) is 103 cm³/mol. The lowest BCUT2D eigenvalue weighted by molar-refractivity contribution is -0.144. The molecule has 0 aliphatic heterocycles. The molecule has 0 bridgehead atoms. The molecule has 0 aromatic rings. The zero-order valence-corrected chi connectivity index (χ0v) is 16.3. The van der Waals surface area contributed by atoms with Crippen LogP contribution in [0, 0.1) is 5.92 Å². The van der Waals surface area contributed by atoms with E-state index in [4.69, 9.17) is 4.74 Å². The Bertz CT molecular complexity index is 544. The molecule has 1 aliphatic rings. The molecule has 0 N–H and O–H groups in total. The average Bonchev–Trinajstić information content (AvgIpc) is 2.48. The highest BCUT2D eigenvalue weighted by molar-refractivity contribution is 5.66. The van der Waals surface area contributed by atoms with Gasteiger partial charge in [-0.1, -0.05) is 54.9 Å². The molecule has 2 heteroatoms. The number of ether oxygens (including phenoxy) is 1. The third kappa shape index (κ3) is 7.81. The average molecular weight is 331 g/mol. The summed E-state index contributed by atoms with van der Waals surface area (Å²) < 4.78 is 5.61. The van der Waals surface area contributed by atoms with Crippen LogP contribution in [0.2, 0.25) is 0 Å². The minimum absolute atomic E-state index is 0.155. The molecule has 0 spiro atoms. The summed E-state index contributed by atoms with van der Waals surface area (Å²) in [4.78, 5) is 11.5. The van der Waals surface area contributed by atoms with Gasteiger partial charge in [0, 0.05) is 13.3 Å². The number of allylic oxidation sites excluding steroid dienone is 6. The van der Waals surface area contributed by atoms with Crippen molar-refractivity contribution >= 4 is 5.97 Å². The largest absolute Gasteiger partial charge is 0.458 e. The van der Waals surface area contributed by atoms with Crippen molar-refractivity contribution in [2.45, 2.75) is 79.8 Å². The first kappa shape index (κ1) is 20.5. The number of carbonyl (C=O) groups is 1. The molecule has 0 aromatic heterocycles. The molecule has 0 aromatic carbocycles. The lowest BCUT2D eigenvalue weighted by atomic mass is 9.92. The molecule has 0 heterocycles. The molecule has 0 radical (unpaired) electrons. The van der Waals surface area contributed by atoms with Crippen molar-refractivity contribution in [3.8, 4) is 0 Å². The maximum atomic E-state index is 11.5. The van der Waals surface area contributed by atoms with Gasteiger partial charge in [-0.25, -0.2) is 0 Å². The van der Waals surface area contributed by atoms with Crippen molar-refractivity contribution in [2.24, 2.45) is 5.92 Å². The second kappa shape index (κ2) is 10.3. The van der Waals surface area contributed by atoms with Gasteiger partial charge in [-0.15, -0.1) is 0 Å². The van der Waals surface area contributed by atoms with Gasteiger partial charge in [0.25, 0.3) is 0 Å². The van der Waals surface area contributed by atoms with Gasteiger partial charge in [-0.05, 0) is 57.9 Å². The molecule has 134 valence electrons. The molecule has 1 atom stereocenters. The molecule has 0 unspecified atom stereocenters. The van der Waals surface area contributed by atoms with Crippen molar-refractivity contribution < 1.29 is 9.53 Å². The van der Waals surface area contributed by atoms with Crippen LogP contribution in [0.4, 0.5) is 0 Å². The van der Waals surface area contributed by atoms with Crippen LogP contribution in [0.1, 0.15) is 73.6 Å². The Kier molecular flexibility index (Phi) is 8.81. The van der Waals surface area contributed by atoms with E-state index in [1.54, 1.807) is 0 Å². The van der Waals surface area contributed by atoms with E-state index < -0.39 is 0 Å². The molecule has 2 nitrogen and oxygen atoms in total. The summed E-state index contributed by atoms with van der Waals surface area (Å²) in [5, 5.41) is 0. The first-order valence-electron chi connectivity index (χ1n) is 9.15. The molecule has 0 saturated heterocycles. The summed E-state index contributed by atoms with van der Waals surface area (Å²) in [7, 11) is 0. The van der Waals surface area contributed by atoms with Gasteiger partial charge < -0.3 is 4.74 Å². The Morgan fingerprint density at radius 3 is 2.29 bits per heavy atom. The minimum atomic E-state index is -0.209. The number of carbonyl (C=O) groups excluding carboxylic acids is 1. The first-order chi connectivity index (χ1) is 11.3. The SMILES string of the molecule is CC(=O)O[C@@H]1C/C(C(C)C)=C\C=C(/C)CC/C=C(\C)CCC=C1C. The standard InChI is InChI=1S/C22H34O2/c1-16(2)21-14-13-18(4)10-7-9-17(3)11-8-12-19(5)22(15-21)24-20(6)23/h9,12-14,16,22H,7-8,10-11,15H2,1-6H3/b17-9+,18-13+,19-12?,21-14+/t22-/m1/s1. The van der Waals surface area contributed by atoms with Crippen molar-refractivity contribution in [3.05, 3.63) is 46.6 Å². The highest BCUT2D eigenvalue weighted by atomic mass is 16.5. The smallest absolute Gasteiger partial charge is 0.303 e. The van der Waals surface area contributed by atoms with Crippen LogP contribution >= 0.6 is 0 Å². The van der Waals surface area contributed by atoms with Crippen LogP contribution < -0.4 is 0 Å². The fourth-order valence-corrected chi connectivity index (χ4v) is 2.85. The summed E-state index contributed by atoms with van der Waals surface area (Å²) in [5.74, 6) is 0.231. The van der Waals surface area contributed by atoms with E-state index in [2.05, 4.69) is 58.9 Å². The van der Waals surface area contributed by atoms with Crippen molar-refractivity contribution in [1.29, 1.82) is 0 Å². The lowest BCUT2D eigenvalue weighted by Gasteiger charge is -2.22. The van der Waals surface area contributed by atoms with Gasteiger partial charge in [0.1, 0.15) is 6.10 Å². The van der Waals surface area contributed by atoms with E-state index in [9.17, 15) is 4.79 Å². The number of rotatable bonds is 2. The molecule has 24 heavy (non-hydrogen) atoms. The minimum Gasteiger partial charge on any atom is -0.458 e. The Labute approximate surface area is 148 Å². The van der Waals surface area contributed by atoms with E-state index in [-0.39, 0.29) is 12.1 Å². The Morgan fingerprint density at radius 1 is 1.04 bits per heavy atom. The Morgan fingerprint density at radius 2 is 1.67 bits per heavy atom. The van der Waals surface area contributed by atoms with Gasteiger partial charge in [0.05, 0.1) is 0 Å². The summed E-state index contributed by atoms with van der Waals surface area (Å²) in [6.07, 6.45) is 13.9. The predicted octanol–water partition coefficient (Wildman–Crippen LogP) is 6.30. The van der Waals surface area contributed by atoms with E-state index >= 15 is 0 Å². The molecule has 1 aliphatic carbocycles. The second-order valence-corrected chi connectivity index (χ2v) is 7.29. The van der Waals surface area contributed by atoms with E-state index in [1.165, 1.54) is 23.6 Å². The summed E-state index contributed by atoms with van der Waals surface area (Å²) in [6.45, 7) is 12.4. The molecule has 1 rings (SSSR count). The highest BCUT2D eigenvalue weighted by Crippen LogP contribution is 2.24. The van der Waals surface area contributed by atoms with Crippen molar-refractivity contribution in [1.82, 2.24) is 0 Å². The molecule has 0 amide bonds. The topological polar surface area (TPSA) is 26.3 Å². The van der Waals surface area contributed by atoms with E-state index in [0.29, 0.717) is 5.92 Å². The van der Waals surface area contributed by atoms with Gasteiger partial charge in [-0.3, -0.25) is 4.79 Å². The Hall–Kier alpha value is -1.57. The third-order valence-electron chi connectivity index (χ3n) is 4.60. The van der Waals surface area contributed by atoms with Crippen LogP contribution in [-0.2, 0) is 9.53 Å². The normalized spacial score (nSPS) is 27.7. The molecular weight excluding hydrogens is 296 g/mol. The van der Waals surface area contributed by atoms with Crippen LogP contribution in [0.3, 0.4) is 0 Å². The van der Waals surface area contributed by atoms with Gasteiger partial charge in [-0.2, -0.15) is 0 Å². The fraction of sp³-hybridized carbons (Fsp3) is 0.591. The zero-order valence-electron chi connectivity index (χ0n) is 16.3. The maximum Gasteiger partial charge on any atom is 0.303 e. The van der Waals surface area contributed by atoms with Gasteiger partial charge in [0.2, 0.25) is 0 Å². The van der Waals surface area contributed by atoms with Crippen LogP contribution in [0.5, 0.6) is 0 Å². The van der Waals surface area contributed by atoms with Gasteiger partial charge >= 0.3 is 5.97 Å². The summed E-state index contributed by atoms with van der Waals surface area (Å²) in [5.41, 5.74) is 5.32. The van der Waals surface area contributed by atoms with Crippen molar-refractivity contribution in [2.75, 3.05) is 0 Å². The van der Waals surface area contributed by atoms with Crippen molar-refractivity contribution in [3.63, 3.8) is 0 Å². The maximum absolute atomic E-state index is 11.5. The van der Waals surface area contributed by atoms with Gasteiger partial charge in [0.15, 0.2) is 0 Å². The summed E-state index contributed by atoms with van der Waals surface area (Å²) >= 11 is 0. The fourth-order valence-electron chi connectivity index (χ4n) is 2.85. The van der Waals surface area contributed by atoms with Crippen LogP contribution in [0.15, 0.2) is 46.6 Å². The van der Waals surface area contributed by atoms with Crippen LogP contribution in [0.25, 0.3) is 0 Å². The summed E-state index contributed by atoms with van der Waals surface area (Å²) in [6, 6.07) is 0. The first-order valence-corrected chi connectivity index (χ1v) is 9.15. The van der Waals surface area contributed by atoms with E-state index in [1.807, 2.05) is 0 Å². The number of hydrogen-bond acceptors (Lipinski definition) is 2. The molecule has 0 saturated carbocycles. The quantitative estimate of drug-likeness (QED) is 0.438. The number of esters is 1. The number of hydrogen-bond donors (Lipinski definition) is 0.